The zero-order chi connectivity index (χ0) is 6.27. The van der Waals surface area contributed by atoms with E-state index in [1.54, 1.807) is 0 Å². The van der Waals surface area contributed by atoms with Crippen LogP contribution in [0.4, 0.5) is 0 Å². The Morgan fingerprint density at radius 1 is 1.44 bits per heavy atom. The molecule has 0 amide bonds. The van der Waals surface area contributed by atoms with Gasteiger partial charge < -0.3 is 4.90 Å². The largest absolute Gasteiger partial charge is 0.302 e. The highest BCUT2D eigenvalue weighted by atomic mass is 15.2. The fourth-order valence-corrected chi connectivity index (χ4v) is 2.09. The fraction of sp³-hybridized carbons (Fsp3) is 0.750. The van der Waals surface area contributed by atoms with Gasteiger partial charge in [-0.2, -0.15) is 0 Å². The van der Waals surface area contributed by atoms with E-state index in [0.29, 0.717) is 0 Å². The molecule has 0 aromatic carbocycles. The Balaban J connectivity index is 2.09. The van der Waals surface area contributed by atoms with E-state index >= 15 is 0 Å². The standard InChI is InChI=1S/C8H13N/c1-2-7-5-9-4-3-8(7)6-9/h2,7-8H,1,3-6H2/t7-,8?/m1/s1. The maximum atomic E-state index is 3.83. The minimum Gasteiger partial charge on any atom is -0.302 e. The molecule has 2 unspecified atom stereocenters. The van der Waals surface area contributed by atoms with Gasteiger partial charge in [-0.1, -0.05) is 6.08 Å². The van der Waals surface area contributed by atoms with Gasteiger partial charge in [0.25, 0.3) is 0 Å². The summed E-state index contributed by atoms with van der Waals surface area (Å²) >= 11 is 0. The normalized spacial score (nSPS) is 47.8. The second kappa shape index (κ2) is 1.84. The third-order valence-electron chi connectivity index (χ3n) is 2.69. The topological polar surface area (TPSA) is 3.24 Å². The molecule has 0 radical (unpaired) electrons. The van der Waals surface area contributed by atoms with Crippen LogP contribution < -0.4 is 0 Å². The van der Waals surface area contributed by atoms with E-state index < -0.39 is 0 Å². The predicted molar refractivity (Wildman–Crippen MR) is 38.2 cm³/mol. The second-order valence-corrected chi connectivity index (χ2v) is 3.21. The highest BCUT2D eigenvalue weighted by Crippen LogP contribution is 2.32. The molecule has 1 nitrogen and oxygen atoms in total. The number of hydrogen-bond acceptors (Lipinski definition) is 1. The molecule has 2 fully saturated rings. The first-order chi connectivity index (χ1) is 4.40. The summed E-state index contributed by atoms with van der Waals surface area (Å²) in [4.78, 5) is 2.54. The van der Waals surface area contributed by atoms with E-state index in [-0.39, 0.29) is 0 Å². The van der Waals surface area contributed by atoms with Crippen molar-refractivity contribution in [3.63, 3.8) is 0 Å². The van der Waals surface area contributed by atoms with Gasteiger partial charge in [0.1, 0.15) is 0 Å². The fourth-order valence-electron chi connectivity index (χ4n) is 2.09. The van der Waals surface area contributed by atoms with Crippen LogP contribution in [0.1, 0.15) is 6.42 Å². The van der Waals surface area contributed by atoms with Crippen molar-refractivity contribution < 1.29 is 0 Å². The van der Waals surface area contributed by atoms with E-state index in [2.05, 4.69) is 17.6 Å². The van der Waals surface area contributed by atoms with Crippen LogP contribution in [-0.4, -0.2) is 24.5 Å². The van der Waals surface area contributed by atoms with E-state index in [0.717, 1.165) is 11.8 Å². The summed E-state index contributed by atoms with van der Waals surface area (Å²) in [7, 11) is 0. The zero-order valence-electron chi connectivity index (χ0n) is 5.71. The molecule has 0 spiro atoms. The lowest BCUT2D eigenvalue weighted by atomic mass is 9.93. The molecule has 2 aliphatic rings. The van der Waals surface area contributed by atoms with Crippen molar-refractivity contribution in [1.29, 1.82) is 0 Å². The minimum atomic E-state index is 0.818. The monoisotopic (exact) mass is 123 g/mol. The number of rotatable bonds is 1. The van der Waals surface area contributed by atoms with Crippen LogP contribution in [0, 0.1) is 11.8 Å². The Labute approximate surface area is 56.4 Å². The maximum absolute atomic E-state index is 3.83. The first-order valence-electron chi connectivity index (χ1n) is 3.75. The van der Waals surface area contributed by atoms with Crippen molar-refractivity contribution in [2.45, 2.75) is 6.42 Å². The summed E-state index contributed by atoms with van der Waals surface area (Å²) in [5, 5.41) is 0. The average Bonchev–Trinajstić information content (AvgIpc) is 2.45. The Morgan fingerprint density at radius 3 is 2.67 bits per heavy atom. The number of piperidine rings is 1. The summed E-state index contributed by atoms with van der Waals surface area (Å²) in [5.74, 6) is 1.78. The van der Waals surface area contributed by atoms with E-state index in [4.69, 9.17) is 0 Å². The Kier molecular flexibility index (Phi) is 1.12. The predicted octanol–water partition coefficient (Wildman–Crippen LogP) is 1.12. The zero-order valence-corrected chi connectivity index (χ0v) is 5.71. The van der Waals surface area contributed by atoms with Gasteiger partial charge in [0.15, 0.2) is 0 Å². The molecule has 0 aromatic rings. The first-order valence-corrected chi connectivity index (χ1v) is 3.75. The van der Waals surface area contributed by atoms with E-state index in [1.165, 1.54) is 26.1 Å². The van der Waals surface area contributed by atoms with Crippen LogP contribution in [0.2, 0.25) is 0 Å². The Bertz CT molecular complexity index is 131. The summed E-state index contributed by atoms with van der Waals surface area (Å²) in [6.45, 7) is 7.81. The van der Waals surface area contributed by atoms with Crippen LogP contribution >= 0.6 is 0 Å². The molecular weight excluding hydrogens is 110 g/mol. The van der Waals surface area contributed by atoms with Crippen LogP contribution in [0.3, 0.4) is 0 Å². The number of fused-ring (bicyclic) bond motifs is 2. The summed E-state index contributed by atoms with van der Waals surface area (Å²) in [5.41, 5.74) is 0. The molecular formula is C8H13N. The van der Waals surface area contributed by atoms with Crippen molar-refractivity contribution in [2.75, 3.05) is 19.6 Å². The van der Waals surface area contributed by atoms with Crippen molar-refractivity contribution in [1.82, 2.24) is 4.90 Å². The SMILES string of the molecule is C=C[C@@H]1CN2CCC1C2. The number of hydrogen-bond donors (Lipinski definition) is 0. The molecule has 2 aliphatic heterocycles. The highest BCUT2D eigenvalue weighted by molar-refractivity contribution is 4.97. The van der Waals surface area contributed by atoms with Gasteiger partial charge in [0.2, 0.25) is 0 Å². The van der Waals surface area contributed by atoms with Crippen molar-refractivity contribution in [2.24, 2.45) is 11.8 Å². The molecule has 9 heavy (non-hydrogen) atoms. The van der Waals surface area contributed by atoms with Gasteiger partial charge in [-0.05, 0) is 24.8 Å². The molecule has 2 bridgehead atoms. The van der Waals surface area contributed by atoms with Crippen LogP contribution in [0.15, 0.2) is 12.7 Å². The molecule has 0 aromatic heterocycles. The van der Waals surface area contributed by atoms with Gasteiger partial charge in [0, 0.05) is 13.1 Å². The van der Waals surface area contributed by atoms with Gasteiger partial charge in [-0.25, -0.2) is 0 Å². The van der Waals surface area contributed by atoms with Gasteiger partial charge in [-0.3, -0.25) is 0 Å². The second-order valence-electron chi connectivity index (χ2n) is 3.21. The quantitative estimate of drug-likeness (QED) is 0.472. The van der Waals surface area contributed by atoms with Crippen molar-refractivity contribution >= 4 is 0 Å². The lowest BCUT2D eigenvalue weighted by molar-refractivity contribution is 0.334. The highest BCUT2D eigenvalue weighted by Gasteiger charge is 2.35. The Hall–Kier alpha value is -0.300. The molecule has 3 atom stereocenters. The van der Waals surface area contributed by atoms with E-state index in [9.17, 15) is 0 Å². The lowest BCUT2D eigenvalue weighted by Gasteiger charge is -2.17. The third-order valence-corrected chi connectivity index (χ3v) is 2.69. The lowest BCUT2D eigenvalue weighted by Crippen LogP contribution is -2.21. The van der Waals surface area contributed by atoms with Gasteiger partial charge in [-0.15, -0.1) is 6.58 Å². The molecule has 0 saturated carbocycles. The van der Waals surface area contributed by atoms with Crippen LogP contribution in [0.25, 0.3) is 0 Å². The van der Waals surface area contributed by atoms with E-state index in [1.807, 2.05) is 0 Å². The molecule has 1 heteroatoms. The molecule has 2 saturated heterocycles. The van der Waals surface area contributed by atoms with Crippen LogP contribution in [-0.2, 0) is 0 Å². The molecule has 0 N–H and O–H groups in total. The summed E-state index contributed by atoms with van der Waals surface area (Å²) < 4.78 is 0. The first kappa shape index (κ1) is 5.48. The van der Waals surface area contributed by atoms with Crippen molar-refractivity contribution in [3.8, 4) is 0 Å². The summed E-state index contributed by atoms with van der Waals surface area (Å²) in [6, 6.07) is 0. The Morgan fingerprint density at radius 2 is 2.33 bits per heavy atom. The van der Waals surface area contributed by atoms with Crippen LogP contribution in [0.5, 0.6) is 0 Å². The maximum Gasteiger partial charge on any atom is 0.00475 e. The molecule has 2 rings (SSSR count). The third kappa shape index (κ3) is 0.715. The average molecular weight is 123 g/mol. The minimum absolute atomic E-state index is 0.818. The summed E-state index contributed by atoms with van der Waals surface area (Å²) in [6.07, 6.45) is 3.54. The van der Waals surface area contributed by atoms with Crippen molar-refractivity contribution in [3.05, 3.63) is 12.7 Å². The molecule has 0 aliphatic carbocycles. The smallest absolute Gasteiger partial charge is 0.00475 e. The van der Waals surface area contributed by atoms with Gasteiger partial charge >= 0.3 is 0 Å². The van der Waals surface area contributed by atoms with Gasteiger partial charge in [0.05, 0.1) is 0 Å². The number of nitrogens with zero attached hydrogens (tertiary/aromatic N) is 1. The molecule has 50 valence electrons. The molecule has 2 heterocycles.